The van der Waals surface area contributed by atoms with Crippen LogP contribution < -0.4 is 11.1 Å². The molecule has 14 nitrogen and oxygen atoms in total. The number of carboxylic acid groups (broad SMARTS) is 1. The zero-order valence-corrected chi connectivity index (χ0v) is 35.5. The van der Waals surface area contributed by atoms with E-state index in [1.165, 1.54) is 11.1 Å². The Morgan fingerprint density at radius 1 is 0.881 bits per heavy atom. The van der Waals surface area contributed by atoms with Crippen LogP contribution in [0, 0.1) is 10.8 Å². The van der Waals surface area contributed by atoms with Gasteiger partial charge >= 0.3 is 5.97 Å². The van der Waals surface area contributed by atoms with E-state index in [0.29, 0.717) is 47.6 Å². The van der Waals surface area contributed by atoms with Gasteiger partial charge in [-0.15, -0.1) is 0 Å². The molecule has 4 atom stereocenters. The molecule has 2 saturated carbocycles. The summed E-state index contributed by atoms with van der Waals surface area (Å²) in [5, 5.41) is 32.3. The predicted octanol–water partition coefficient (Wildman–Crippen LogP) is 7.41. The molecule has 4 aliphatic carbocycles. The summed E-state index contributed by atoms with van der Waals surface area (Å²) in [5.74, 6) is -0.187. The van der Waals surface area contributed by atoms with Crippen molar-refractivity contribution in [3.8, 4) is 0 Å². The van der Waals surface area contributed by atoms with E-state index in [0.717, 1.165) is 67.4 Å². The van der Waals surface area contributed by atoms with Crippen LogP contribution in [0.1, 0.15) is 93.1 Å². The minimum Gasteiger partial charge on any atom is -0.476 e. The SMILES string of the molecule is CC12Cc3[nH]nc(C(=O)Nc4cnn(Cc5ccccc5)c4)c3C1C2.CC12Cc3c(c(C(=O)O)nn3COCC[Si](C)(C)C)C1C2.Nc1cnn(Cc2ccccc2)c1. The summed E-state index contributed by atoms with van der Waals surface area (Å²) in [4.78, 5) is 24.0. The van der Waals surface area contributed by atoms with Gasteiger partial charge in [-0.25, -0.2) is 9.48 Å². The van der Waals surface area contributed by atoms with Crippen LogP contribution in [-0.4, -0.2) is 71.2 Å². The second kappa shape index (κ2) is 15.8. The monoisotopic (exact) mass is 814 g/mol. The number of nitrogens with two attached hydrogens (primary N) is 1. The molecule has 0 bridgehead atoms. The van der Waals surface area contributed by atoms with Gasteiger partial charge in [0.1, 0.15) is 6.73 Å². The average molecular weight is 815 g/mol. The van der Waals surface area contributed by atoms with Gasteiger partial charge in [0.2, 0.25) is 0 Å². The Morgan fingerprint density at radius 2 is 1.49 bits per heavy atom. The van der Waals surface area contributed by atoms with Crippen molar-refractivity contribution in [1.29, 1.82) is 0 Å². The number of nitrogens with one attached hydrogen (secondary N) is 2. The second-order valence-corrected chi connectivity index (χ2v) is 23.9. The predicted molar refractivity (Wildman–Crippen MR) is 228 cm³/mol. The highest BCUT2D eigenvalue weighted by Crippen LogP contribution is 2.67. The lowest BCUT2D eigenvalue weighted by atomic mass is 10.1. The van der Waals surface area contributed by atoms with Gasteiger partial charge in [0.25, 0.3) is 5.91 Å². The molecule has 59 heavy (non-hydrogen) atoms. The number of benzene rings is 2. The fourth-order valence-electron chi connectivity index (χ4n) is 8.53. The maximum Gasteiger partial charge on any atom is 0.356 e. The number of fused-ring (bicyclic) bond motifs is 6. The minimum atomic E-state index is -1.09. The summed E-state index contributed by atoms with van der Waals surface area (Å²) < 4.78 is 11.2. The largest absolute Gasteiger partial charge is 0.476 e. The van der Waals surface area contributed by atoms with Gasteiger partial charge < -0.3 is 20.9 Å². The number of aromatic carboxylic acids is 1. The maximum absolute atomic E-state index is 12.6. The highest BCUT2D eigenvalue weighted by atomic mass is 28.3. The Hall–Kier alpha value is -5.80. The molecular weight excluding hydrogens is 761 g/mol. The summed E-state index contributed by atoms with van der Waals surface area (Å²) in [7, 11) is -1.09. The van der Waals surface area contributed by atoms with Crippen LogP contribution in [0.2, 0.25) is 25.7 Å². The molecule has 5 N–H and O–H groups in total. The highest BCUT2D eigenvalue weighted by Gasteiger charge is 2.60. The number of aromatic nitrogens is 8. The third-order valence-corrected chi connectivity index (χ3v) is 13.8. The molecule has 15 heteroatoms. The van der Waals surface area contributed by atoms with E-state index < -0.39 is 14.0 Å². The van der Waals surface area contributed by atoms with Crippen molar-refractivity contribution in [3.05, 3.63) is 130 Å². The molecule has 10 rings (SSSR count). The molecular formula is C44H54N10O4Si. The van der Waals surface area contributed by atoms with Gasteiger partial charge in [0.15, 0.2) is 11.4 Å². The molecule has 1 amide bonds. The molecule has 4 unspecified atom stereocenters. The van der Waals surface area contributed by atoms with Gasteiger partial charge in [-0.2, -0.15) is 20.4 Å². The number of ether oxygens (including phenoxy) is 1. The highest BCUT2D eigenvalue weighted by molar-refractivity contribution is 6.76. The van der Waals surface area contributed by atoms with Gasteiger partial charge in [-0.1, -0.05) is 94.2 Å². The van der Waals surface area contributed by atoms with E-state index in [4.69, 9.17) is 10.5 Å². The molecule has 4 aliphatic rings. The number of carboxylic acids is 1. The number of H-pyrrole nitrogens is 1. The van der Waals surface area contributed by atoms with Gasteiger partial charge in [-0.05, 0) is 65.5 Å². The van der Waals surface area contributed by atoms with Crippen molar-refractivity contribution in [2.24, 2.45) is 10.8 Å². The van der Waals surface area contributed by atoms with E-state index in [1.54, 1.807) is 17.1 Å². The number of amides is 1. The lowest BCUT2D eigenvalue weighted by Crippen LogP contribution is -2.22. The molecule has 308 valence electrons. The number of aromatic amines is 1. The lowest BCUT2D eigenvalue weighted by molar-refractivity contribution is 0.0666. The molecule has 4 aromatic heterocycles. The first kappa shape index (κ1) is 40.0. The van der Waals surface area contributed by atoms with E-state index in [-0.39, 0.29) is 17.0 Å². The summed E-state index contributed by atoms with van der Waals surface area (Å²) in [6.07, 6.45) is 11.2. The number of hydrogen-bond donors (Lipinski definition) is 4. The van der Waals surface area contributed by atoms with Gasteiger partial charge in [-0.3, -0.25) is 19.3 Å². The Kier molecular flexibility index (Phi) is 10.7. The van der Waals surface area contributed by atoms with Crippen LogP contribution >= 0.6 is 0 Å². The van der Waals surface area contributed by atoms with Crippen LogP contribution in [0.4, 0.5) is 11.4 Å². The van der Waals surface area contributed by atoms with Gasteiger partial charge in [0, 0.05) is 49.6 Å². The fraction of sp³-hybridized carbons (Fsp3) is 0.409. The van der Waals surface area contributed by atoms with Crippen LogP contribution in [0.15, 0.2) is 85.5 Å². The summed E-state index contributed by atoms with van der Waals surface area (Å²) in [6, 6.07) is 21.4. The number of hydrogen-bond acceptors (Lipinski definition) is 8. The van der Waals surface area contributed by atoms with E-state index in [9.17, 15) is 14.7 Å². The summed E-state index contributed by atoms with van der Waals surface area (Å²) >= 11 is 0. The topological polar surface area (TPSA) is 184 Å². The van der Waals surface area contributed by atoms with Crippen LogP contribution in [-0.2, 0) is 37.4 Å². The van der Waals surface area contributed by atoms with Crippen molar-refractivity contribution < 1.29 is 19.4 Å². The number of carbonyl (C=O) groups excluding carboxylic acids is 1. The second-order valence-electron chi connectivity index (χ2n) is 18.3. The molecule has 2 aromatic carbocycles. The standard InChI is InChI=1S/C19H19N5O.C15H24N2O3Si.C10H11N3/c1-19-7-14(19)16-15(8-19)22-23-17(16)18(25)21-13-9-20-24(11-13)10-12-5-3-2-4-6-12;1-15-7-10(15)12-11(8-15)17(16-13(12)14(18)19)9-20-5-6-21(2,3)4;11-10-6-12-13(8-10)7-9-4-2-1-3-5-9/h2-6,9,11,14H,7-8,10H2,1H3,(H,21,25)(H,22,23);10H,5-9H2,1-4H3,(H,18,19);1-6,8H,7,11H2. The van der Waals surface area contributed by atoms with Crippen LogP contribution in [0.5, 0.6) is 0 Å². The first-order valence-electron chi connectivity index (χ1n) is 20.4. The number of anilines is 2. The minimum absolute atomic E-state index is 0.159. The zero-order valence-electron chi connectivity index (χ0n) is 34.5. The molecule has 0 saturated heterocycles. The Bertz CT molecular complexity index is 2450. The van der Waals surface area contributed by atoms with E-state index in [2.05, 4.69) is 88.6 Å². The molecule has 0 radical (unpaired) electrons. The van der Waals surface area contributed by atoms with Gasteiger partial charge in [0.05, 0.1) is 36.9 Å². The quantitative estimate of drug-likeness (QED) is 0.0722. The van der Waals surface area contributed by atoms with Crippen molar-refractivity contribution in [2.75, 3.05) is 17.7 Å². The first-order chi connectivity index (χ1) is 28.2. The molecule has 2 fully saturated rings. The number of rotatable bonds is 12. The van der Waals surface area contributed by atoms with Crippen LogP contribution in [0.25, 0.3) is 0 Å². The Balaban J connectivity index is 0.000000129. The van der Waals surface area contributed by atoms with Crippen LogP contribution in [0.3, 0.4) is 0 Å². The molecule has 0 aliphatic heterocycles. The third kappa shape index (κ3) is 8.95. The van der Waals surface area contributed by atoms with Crippen molar-refractivity contribution >= 4 is 31.3 Å². The third-order valence-electron chi connectivity index (χ3n) is 12.1. The number of nitrogens with zero attached hydrogens (tertiary/aromatic N) is 7. The average Bonchev–Trinajstić information content (AvgIpc) is 3.60. The number of nitrogen functional groups attached to an aromatic ring is 1. The van der Waals surface area contributed by atoms with Crippen molar-refractivity contribution in [2.45, 2.75) is 96.9 Å². The normalized spacial score (nSPS) is 21.5. The first-order valence-corrected chi connectivity index (χ1v) is 24.1. The molecule has 0 spiro atoms. The number of carbonyl (C=O) groups is 2. The smallest absolute Gasteiger partial charge is 0.356 e. The maximum atomic E-state index is 12.6. The molecule has 4 heterocycles. The summed E-state index contributed by atoms with van der Waals surface area (Å²) in [6.45, 7) is 14.0. The Labute approximate surface area is 345 Å². The zero-order chi connectivity index (χ0) is 41.5. The van der Waals surface area contributed by atoms with Crippen molar-refractivity contribution in [3.63, 3.8) is 0 Å². The Morgan fingerprint density at radius 3 is 2.10 bits per heavy atom. The van der Waals surface area contributed by atoms with E-state index >= 15 is 0 Å². The van der Waals surface area contributed by atoms with Crippen molar-refractivity contribution in [1.82, 2.24) is 39.5 Å². The summed E-state index contributed by atoms with van der Waals surface area (Å²) in [5.41, 5.74) is 15.0. The van der Waals surface area contributed by atoms with E-state index in [1.807, 2.05) is 58.2 Å². The fourth-order valence-corrected chi connectivity index (χ4v) is 9.29. The lowest BCUT2D eigenvalue weighted by Gasteiger charge is -2.16. The molecule has 6 aromatic rings.